The molecule has 1 aliphatic rings. The van der Waals surface area contributed by atoms with Crippen molar-refractivity contribution in [3.05, 3.63) is 52.2 Å². The van der Waals surface area contributed by atoms with Crippen LogP contribution in [-0.4, -0.2) is 55.2 Å². The van der Waals surface area contributed by atoms with Crippen molar-refractivity contribution in [1.29, 1.82) is 0 Å². The molecule has 0 spiro atoms. The average molecular weight is 428 g/mol. The second-order valence-corrected chi connectivity index (χ2v) is 8.41. The monoisotopic (exact) mass is 427 g/mol. The Hall–Kier alpha value is -2.71. The van der Waals surface area contributed by atoms with Crippen LogP contribution < -0.4 is 5.32 Å². The number of fused-ring (bicyclic) bond motifs is 1. The summed E-state index contributed by atoms with van der Waals surface area (Å²) in [5.41, 5.74) is 1.81. The normalized spacial score (nSPS) is 16.3. The van der Waals surface area contributed by atoms with Crippen LogP contribution in [0.1, 0.15) is 50.7 Å². The van der Waals surface area contributed by atoms with Gasteiger partial charge < -0.3 is 19.5 Å². The smallest absolute Gasteiger partial charge is 0.292 e. The summed E-state index contributed by atoms with van der Waals surface area (Å²) in [6, 6.07) is 9.78. The van der Waals surface area contributed by atoms with Gasteiger partial charge in [0.05, 0.1) is 17.2 Å². The molecule has 2 amide bonds. The SMILES string of the molecule is CCc1cc(C(=O)N2CC[C@@H](c3c(C(=O)NCCOC)sc4ccccc34)C2)on1. The summed E-state index contributed by atoms with van der Waals surface area (Å²) in [6.45, 7) is 4.08. The van der Waals surface area contributed by atoms with E-state index in [0.29, 0.717) is 26.2 Å². The van der Waals surface area contributed by atoms with Gasteiger partial charge >= 0.3 is 0 Å². The summed E-state index contributed by atoms with van der Waals surface area (Å²) >= 11 is 1.50. The first-order valence-corrected chi connectivity index (χ1v) is 11.0. The molecule has 0 radical (unpaired) electrons. The van der Waals surface area contributed by atoms with Crippen LogP contribution in [0.25, 0.3) is 10.1 Å². The Morgan fingerprint density at radius 2 is 2.20 bits per heavy atom. The van der Waals surface area contributed by atoms with Crippen LogP contribution in [-0.2, 0) is 11.2 Å². The summed E-state index contributed by atoms with van der Waals surface area (Å²) in [5.74, 6) is 0.147. The lowest BCUT2D eigenvalue weighted by molar-refractivity contribution is 0.0749. The number of thiophene rings is 1. The predicted octanol–water partition coefficient (Wildman–Crippen LogP) is 3.46. The van der Waals surface area contributed by atoms with E-state index in [9.17, 15) is 9.59 Å². The minimum atomic E-state index is -0.143. The Morgan fingerprint density at radius 1 is 1.37 bits per heavy atom. The lowest BCUT2D eigenvalue weighted by atomic mass is 9.95. The van der Waals surface area contributed by atoms with E-state index in [4.69, 9.17) is 9.26 Å². The van der Waals surface area contributed by atoms with Crippen molar-refractivity contribution in [3.8, 4) is 0 Å². The summed E-state index contributed by atoms with van der Waals surface area (Å²) in [7, 11) is 1.61. The lowest BCUT2D eigenvalue weighted by Crippen LogP contribution is -2.29. The van der Waals surface area contributed by atoms with E-state index < -0.39 is 0 Å². The van der Waals surface area contributed by atoms with Crippen LogP contribution in [0.15, 0.2) is 34.9 Å². The second kappa shape index (κ2) is 8.97. The summed E-state index contributed by atoms with van der Waals surface area (Å²) in [6.07, 6.45) is 1.53. The molecular weight excluding hydrogens is 402 g/mol. The second-order valence-electron chi connectivity index (χ2n) is 7.36. The summed E-state index contributed by atoms with van der Waals surface area (Å²) < 4.78 is 11.3. The number of benzene rings is 1. The van der Waals surface area contributed by atoms with Crippen LogP contribution in [0.3, 0.4) is 0 Å². The van der Waals surface area contributed by atoms with E-state index >= 15 is 0 Å². The highest BCUT2D eigenvalue weighted by Gasteiger charge is 2.34. The van der Waals surface area contributed by atoms with Gasteiger partial charge in [-0.3, -0.25) is 9.59 Å². The molecule has 0 unspecified atom stereocenters. The molecule has 1 aliphatic heterocycles. The van der Waals surface area contributed by atoms with Gasteiger partial charge in [-0.15, -0.1) is 11.3 Å². The van der Waals surface area contributed by atoms with Crippen molar-refractivity contribution in [2.75, 3.05) is 33.4 Å². The minimum Gasteiger partial charge on any atom is -0.383 e. The van der Waals surface area contributed by atoms with Crippen molar-refractivity contribution < 1.29 is 18.8 Å². The maximum atomic E-state index is 12.9. The number of rotatable bonds is 7. The molecule has 7 nitrogen and oxygen atoms in total. The number of nitrogens with zero attached hydrogens (tertiary/aromatic N) is 2. The van der Waals surface area contributed by atoms with Gasteiger partial charge in [0, 0.05) is 43.4 Å². The van der Waals surface area contributed by atoms with Crippen molar-refractivity contribution in [2.45, 2.75) is 25.7 Å². The number of ether oxygens (including phenoxy) is 1. The Kier molecular flexibility index (Phi) is 6.15. The third-order valence-corrected chi connectivity index (χ3v) is 6.63. The predicted molar refractivity (Wildman–Crippen MR) is 115 cm³/mol. The minimum absolute atomic E-state index is 0.0872. The Bertz CT molecular complexity index is 1060. The number of aromatic nitrogens is 1. The molecule has 3 heterocycles. The summed E-state index contributed by atoms with van der Waals surface area (Å²) in [4.78, 5) is 28.2. The Morgan fingerprint density at radius 3 is 2.97 bits per heavy atom. The van der Waals surface area contributed by atoms with Gasteiger partial charge in [-0.1, -0.05) is 30.3 Å². The number of methoxy groups -OCH3 is 1. The van der Waals surface area contributed by atoms with Crippen LogP contribution in [0.5, 0.6) is 0 Å². The van der Waals surface area contributed by atoms with Gasteiger partial charge in [0.1, 0.15) is 0 Å². The van der Waals surface area contributed by atoms with Gasteiger partial charge in [-0.2, -0.15) is 0 Å². The van der Waals surface area contributed by atoms with Gasteiger partial charge in [0.25, 0.3) is 11.8 Å². The van der Waals surface area contributed by atoms with Gasteiger partial charge in [-0.25, -0.2) is 0 Å². The first-order chi connectivity index (χ1) is 14.6. The molecule has 3 aromatic rings. The first-order valence-electron chi connectivity index (χ1n) is 10.2. The maximum absolute atomic E-state index is 12.9. The third kappa shape index (κ3) is 3.97. The number of carbonyl (C=O) groups excluding carboxylic acids is 2. The van der Waals surface area contributed by atoms with Crippen molar-refractivity contribution in [2.24, 2.45) is 0 Å². The lowest BCUT2D eigenvalue weighted by Gasteiger charge is -2.16. The molecule has 0 saturated carbocycles. The van der Waals surface area contributed by atoms with Crippen LogP contribution in [0, 0.1) is 0 Å². The quantitative estimate of drug-likeness (QED) is 0.584. The molecule has 0 bridgehead atoms. The zero-order valence-electron chi connectivity index (χ0n) is 17.1. The average Bonchev–Trinajstić information content (AvgIpc) is 3.50. The number of nitrogens with one attached hydrogen (secondary N) is 1. The highest BCUT2D eigenvalue weighted by molar-refractivity contribution is 7.21. The third-order valence-electron chi connectivity index (χ3n) is 5.45. The fourth-order valence-electron chi connectivity index (χ4n) is 3.90. The topological polar surface area (TPSA) is 84.7 Å². The molecule has 158 valence electrons. The summed E-state index contributed by atoms with van der Waals surface area (Å²) in [5, 5.41) is 7.95. The van der Waals surface area contributed by atoms with Gasteiger partial charge in [-0.05, 0) is 29.9 Å². The molecule has 1 saturated heterocycles. The van der Waals surface area contributed by atoms with E-state index in [1.165, 1.54) is 11.3 Å². The molecule has 1 N–H and O–H groups in total. The number of aryl methyl sites for hydroxylation is 1. The zero-order chi connectivity index (χ0) is 21.1. The zero-order valence-corrected chi connectivity index (χ0v) is 18.0. The standard InChI is InChI=1S/C22H25N3O4S/c1-3-15-12-17(29-24-15)22(27)25-10-8-14(13-25)19-16-6-4-5-7-18(16)30-20(19)21(26)23-9-11-28-2/h4-7,12,14H,3,8-11,13H2,1-2H3,(H,23,26)/t14-/m1/s1. The Balaban J connectivity index is 1.58. The van der Waals surface area contributed by atoms with Crippen molar-refractivity contribution in [3.63, 3.8) is 0 Å². The number of hydrogen-bond acceptors (Lipinski definition) is 6. The van der Waals surface area contributed by atoms with Gasteiger partial charge in [0.15, 0.2) is 0 Å². The van der Waals surface area contributed by atoms with Crippen molar-refractivity contribution >= 4 is 33.2 Å². The molecule has 30 heavy (non-hydrogen) atoms. The molecule has 0 aliphatic carbocycles. The van der Waals surface area contributed by atoms with E-state index in [-0.39, 0.29) is 23.5 Å². The fourth-order valence-corrected chi connectivity index (χ4v) is 5.11. The van der Waals surface area contributed by atoms with E-state index in [1.807, 2.05) is 25.1 Å². The molecule has 1 atom stereocenters. The number of carbonyl (C=O) groups is 2. The number of hydrogen-bond donors (Lipinski definition) is 1. The van der Waals surface area contributed by atoms with E-state index in [2.05, 4.69) is 16.5 Å². The number of likely N-dealkylation sites (tertiary alicyclic amines) is 1. The molecule has 8 heteroatoms. The van der Waals surface area contributed by atoms with Crippen LogP contribution in [0.4, 0.5) is 0 Å². The fraction of sp³-hybridized carbons (Fsp3) is 0.409. The highest BCUT2D eigenvalue weighted by atomic mass is 32.1. The van der Waals surface area contributed by atoms with E-state index in [1.54, 1.807) is 18.1 Å². The number of amides is 2. The maximum Gasteiger partial charge on any atom is 0.292 e. The highest BCUT2D eigenvalue weighted by Crippen LogP contribution is 2.40. The van der Waals surface area contributed by atoms with Gasteiger partial charge in [0.2, 0.25) is 5.76 Å². The molecular formula is C22H25N3O4S. The molecule has 4 rings (SSSR count). The largest absolute Gasteiger partial charge is 0.383 e. The first kappa shape index (κ1) is 20.6. The van der Waals surface area contributed by atoms with Crippen molar-refractivity contribution in [1.82, 2.24) is 15.4 Å². The van der Waals surface area contributed by atoms with Crippen LogP contribution in [0.2, 0.25) is 0 Å². The molecule has 1 fully saturated rings. The van der Waals surface area contributed by atoms with E-state index in [0.717, 1.165) is 39.1 Å². The molecule has 2 aromatic heterocycles. The van der Waals surface area contributed by atoms with Crippen LogP contribution >= 0.6 is 11.3 Å². The Labute approximate surface area is 179 Å². The molecule has 1 aromatic carbocycles.